The van der Waals surface area contributed by atoms with Gasteiger partial charge in [-0.25, -0.2) is 8.78 Å². The van der Waals surface area contributed by atoms with E-state index in [-0.39, 0.29) is 12.3 Å². The van der Waals surface area contributed by atoms with Gasteiger partial charge in [-0.1, -0.05) is 29.8 Å². The highest BCUT2D eigenvalue weighted by Crippen LogP contribution is 2.28. The SMILES string of the molecule is NCC(Oc1cc(F)ccc1F)c1ccccc1Cl. The molecule has 100 valence electrons. The monoisotopic (exact) mass is 283 g/mol. The molecule has 19 heavy (non-hydrogen) atoms. The molecule has 0 saturated carbocycles. The van der Waals surface area contributed by atoms with Gasteiger partial charge in [0.2, 0.25) is 0 Å². The number of halogens is 3. The molecule has 2 rings (SSSR count). The van der Waals surface area contributed by atoms with Gasteiger partial charge in [0, 0.05) is 23.2 Å². The molecule has 2 nitrogen and oxygen atoms in total. The van der Waals surface area contributed by atoms with Gasteiger partial charge in [-0.05, 0) is 18.2 Å². The van der Waals surface area contributed by atoms with E-state index in [4.69, 9.17) is 22.1 Å². The number of hydrogen-bond donors (Lipinski definition) is 1. The number of nitrogens with two attached hydrogens (primary N) is 1. The third-order valence-electron chi connectivity index (χ3n) is 2.63. The van der Waals surface area contributed by atoms with Crippen molar-refractivity contribution in [3.63, 3.8) is 0 Å². The average Bonchev–Trinajstić information content (AvgIpc) is 2.41. The fraction of sp³-hybridized carbons (Fsp3) is 0.143. The zero-order chi connectivity index (χ0) is 13.8. The van der Waals surface area contributed by atoms with Gasteiger partial charge in [-0.2, -0.15) is 0 Å². The molecule has 0 saturated heterocycles. The predicted molar refractivity (Wildman–Crippen MR) is 70.2 cm³/mol. The van der Waals surface area contributed by atoms with E-state index in [2.05, 4.69) is 0 Å². The van der Waals surface area contributed by atoms with Crippen molar-refractivity contribution in [2.24, 2.45) is 5.73 Å². The first-order valence-electron chi connectivity index (χ1n) is 5.68. The van der Waals surface area contributed by atoms with Crippen LogP contribution in [0.1, 0.15) is 11.7 Å². The Kier molecular flexibility index (Phi) is 4.35. The number of benzene rings is 2. The van der Waals surface area contributed by atoms with E-state index in [9.17, 15) is 8.78 Å². The van der Waals surface area contributed by atoms with Crippen molar-refractivity contribution in [2.45, 2.75) is 6.10 Å². The first kappa shape index (κ1) is 13.8. The minimum absolute atomic E-state index is 0.0969. The summed E-state index contributed by atoms with van der Waals surface area (Å²) in [6, 6.07) is 9.97. The number of rotatable bonds is 4. The summed E-state index contributed by atoms with van der Waals surface area (Å²) in [7, 11) is 0. The van der Waals surface area contributed by atoms with E-state index in [0.29, 0.717) is 10.6 Å². The van der Waals surface area contributed by atoms with Crippen LogP contribution in [0.3, 0.4) is 0 Å². The van der Waals surface area contributed by atoms with Gasteiger partial charge in [0.05, 0.1) is 0 Å². The molecule has 1 atom stereocenters. The maximum Gasteiger partial charge on any atom is 0.165 e. The lowest BCUT2D eigenvalue weighted by Crippen LogP contribution is -2.19. The maximum absolute atomic E-state index is 13.5. The summed E-state index contributed by atoms with van der Waals surface area (Å²) in [5.41, 5.74) is 6.24. The highest BCUT2D eigenvalue weighted by molar-refractivity contribution is 6.31. The Bertz CT molecular complexity index is 577. The van der Waals surface area contributed by atoms with E-state index in [0.717, 1.165) is 18.2 Å². The third-order valence-corrected chi connectivity index (χ3v) is 2.97. The van der Waals surface area contributed by atoms with Crippen molar-refractivity contribution >= 4 is 11.6 Å². The lowest BCUT2D eigenvalue weighted by molar-refractivity contribution is 0.203. The molecule has 0 aromatic heterocycles. The quantitative estimate of drug-likeness (QED) is 0.929. The van der Waals surface area contributed by atoms with Gasteiger partial charge in [-0.3, -0.25) is 0 Å². The fourth-order valence-corrected chi connectivity index (χ4v) is 1.95. The highest BCUT2D eigenvalue weighted by Gasteiger charge is 2.17. The average molecular weight is 284 g/mol. The van der Waals surface area contributed by atoms with E-state index in [1.165, 1.54) is 0 Å². The molecular formula is C14H12ClF2NO. The number of ether oxygens (including phenoxy) is 1. The Morgan fingerprint density at radius 1 is 1.16 bits per heavy atom. The minimum Gasteiger partial charge on any atom is -0.481 e. The van der Waals surface area contributed by atoms with Crippen LogP contribution in [0.15, 0.2) is 42.5 Å². The largest absolute Gasteiger partial charge is 0.481 e. The van der Waals surface area contributed by atoms with Crippen LogP contribution >= 0.6 is 11.6 Å². The van der Waals surface area contributed by atoms with Crippen molar-refractivity contribution in [3.05, 3.63) is 64.7 Å². The molecule has 5 heteroatoms. The zero-order valence-electron chi connectivity index (χ0n) is 9.95. The van der Waals surface area contributed by atoms with Crippen LogP contribution in [0.4, 0.5) is 8.78 Å². The second-order valence-electron chi connectivity index (χ2n) is 3.94. The zero-order valence-corrected chi connectivity index (χ0v) is 10.7. The molecule has 0 radical (unpaired) electrons. The molecule has 0 aliphatic rings. The van der Waals surface area contributed by atoms with Crippen LogP contribution in [-0.2, 0) is 0 Å². The molecule has 1 unspecified atom stereocenters. The van der Waals surface area contributed by atoms with Crippen molar-refractivity contribution in [1.29, 1.82) is 0 Å². The van der Waals surface area contributed by atoms with Crippen LogP contribution in [0.5, 0.6) is 5.75 Å². The summed E-state index contributed by atoms with van der Waals surface area (Å²) in [6.45, 7) is 0.0969. The van der Waals surface area contributed by atoms with Gasteiger partial charge >= 0.3 is 0 Å². The minimum atomic E-state index is -0.646. The van der Waals surface area contributed by atoms with E-state index < -0.39 is 17.7 Å². The molecule has 0 aliphatic carbocycles. The van der Waals surface area contributed by atoms with Crippen LogP contribution in [0.2, 0.25) is 5.02 Å². The molecule has 0 bridgehead atoms. The molecule has 0 spiro atoms. The lowest BCUT2D eigenvalue weighted by atomic mass is 10.1. The fourth-order valence-electron chi connectivity index (χ4n) is 1.70. The van der Waals surface area contributed by atoms with E-state index >= 15 is 0 Å². The van der Waals surface area contributed by atoms with E-state index in [1.807, 2.05) is 0 Å². The standard InChI is InChI=1S/C14H12ClF2NO/c15-11-4-2-1-3-10(11)14(8-18)19-13-7-9(16)5-6-12(13)17/h1-7,14H,8,18H2. The van der Waals surface area contributed by atoms with Gasteiger partial charge in [-0.15, -0.1) is 0 Å². The van der Waals surface area contributed by atoms with Crippen LogP contribution in [-0.4, -0.2) is 6.54 Å². The summed E-state index contributed by atoms with van der Waals surface area (Å²) in [4.78, 5) is 0. The predicted octanol–water partition coefficient (Wildman–Crippen LogP) is 3.70. The first-order valence-corrected chi connectivity index (χ1v) is 6.06. The molecule has 0 amide bonds. The van der Waals surface area contributed by atoms with Crippen LogP contribution in [0.25, 0.3) is 0 Å². The first-order chi connectivity index (χ1) is 9.11. The summed E-state index contributed by atoms with van der Waals surface area (Å²) in [5, 5.41) is 0.467. The molecule has 2 aromatic carbocycles. The Morgan fingerprint density at radius 2 is 1.89 bits per heavy atom. The third kappa shape index (κ3) is 3.22. The summed E-state index contributed by atoms with van der Waals surface area (Å²) < 4.78 is 32.0. The van der Waals surface area contributed by atoms with Gasteiger partial charge in [0.1, 0.15) is 11.9 Å². The Labute approximate surface area is 114 Å². The van der Waals surface area contributed by atoms with Crippen LogP contribution < -0.4 is 10.5 Å². The maximum atomic E-state index is 13.5. The Hall–Kier alpha value is -1.65. The molecule has 0 heterocycles. The van der Waals surface area contributed by atoms with Crippen molar-refractivity contribution in [1.82, 2.24) is 0 Å². The van der Waals surface area contributed by atoms with Gasteiger partial charge < -0.3 is 10.5 Å². The molecular weight excluding hydrogens is 272 g/mol. The molecule has 0 aliphatic heterocycles. The highest BCUT2D eigenvalue weighted by atomic mass is 35.5. The van der Waals surface area contributed by atoms with Crippen LogP contribution in [0, 0.1) is 11.6 Å². The molecule has 2 N–H and O–H groups in total. The summed E-state index contributed by atoms with van der Waals surface area (Å²) in [6.07, 6.45) is -0.634. The lowest BCUT2D eigenvalue weighted by Gasteiger charge is -2.19. The molecule has 0 fully saturated rings. The second kappa shape index (κ2) is 5.99. The number of hydrogen-bond acceptors (Lipinski definition) is 2. The van der Waals surface area contributed by atoms with Gasteiger partial charge in [0.25, 0.3) is 0 Å². The Morgan fingerprint density at radius 3 is 2.58 bits per heavy atom. The summed E-state index contributed by atoms with van der Waals surface area (Å²) in [5.74, 6) is -1.41. The normalized spacial score (nSPS) is 12.2. The van der Waals surface area contributed by atoms with E-state index in [1.54, 1.807) is 24.3 Å². The smallest absolute Gasteiger partial charge is 0.165 e. The second-order valence-corrected chi connectivity index (χ2v) is 4.35. The summed E-state index contributed by atoms with van der Waals surface area (Å²) >= 11 is 6.03. The van der Waals surface area contributed by atoms with Gasteiger partial charge in [0.15, 0.2) is 11.6 Å². The van der Waals surface area contributed by atoms with Crippen molar-refractivity contribution in [3.8, 4) is 5.75 Å². The topological polar surface area (TPSA) is 35.2 Å². The van der Waals surface area contributed by atoms with Crippen molar-refractivity contribution < 1.29 is 13.5 Å². The van der Waals surface area contributed by atoms with Crippen molar-refractivity contribution in [2.75, 3.05) is 6.54 Å². The molecule has 2 aromatic rings. The Balaban J connectivity index is 2.29.